The maximum absolute atomic E-state index is 10.8. The van der Waals surface area contributed by atoms with Crippen LogP contribution in [0.3, 0.4) is 0 Å². The Balaban J connectivity index is 1.57. The summed E-state index contributed by atoms with van der Waals surface area (Å²) in [6, 6.07) is 9.62. The molecule has 3 aliphatic heterocycles. The summed E-state index contributed by atoms with van der Waals surface area (Å²) in [6.45, 7) is 3.20. The van der Waals surface area contributed by atoms with Gasteiger partial charge in [-0.2, -0.15) is 0 Å². The molecule has 3 heterocycles. The molecule has 0 radical (unpaired) electrons. The van der Waals surface area contributed by atoms with Gasteiger partial charge in [-0.15, -0.1) is 0 Å². The van der Waals surface area contributed by atoms with Crippen molar-refractivity contribution in [1.82, 2.24) is 4.90 Å². The molecule has 1 N–H and O–H groups in total. The molecule has 0 aromatic heterocycles. The van der Waals surface area contributed by atoms with Crippen molar-refractivity contribution in [2.24, 2.45) is 0 Å². The fourth-order valence-corrected chi connectivity index (χ4v) is 3.85. The molecule has 6 atom stereocenters. The molecule has 0 aliphatic carbocycles. The molecule has 0 amide bonds. The van der Waals surface area contributed by atoms with E-state index < -0.39 is 18.7 Å². The van der Waals surface area contributed by atoms with Gasteiger partial charge in [-0.05, 0) is 0 Å². The lowest BCUT2D eigenvalue weighted by molar-refractivity contribution is -0.351. The molecule has 4 rings (SSSR count). The number of hydrogen-bond donors (Lipinski definition) is 1. The van der Waals surface area contributed by atoms with Crippen LogP contribution in [0.1, 0.15) is 11.9 Å². The summed E-state index contributed by atoms with van der Waals surface area (Å²) < 4.78 is 28.8. The van der Waals surface area contributed by atoms with E-state index in [1.165, 1.54) is 0 Å². The van der Waals surface area contributed by atoms with Crippen LogP contribution in [-0.2, 0) is 23.7 Å². The highest BCUT2D eigenvalue weighted by atomic mass is 16.7. The van der Waals surface area contributed by atoms with Gasteiger partial charge in [0.2, 0.25) is 0 Å². The Morgan fingerprint density at radius 1 is 1.12 bits per heavy atom. The molecule has 1 aromatic carbocycles. The van der Waals surface area contributed by atoms with Crippen molar-refractivity contribution in [3.63, 3.8) is 0 Å². The largest absolute Gasteiger partial charge is 0.386 e. The Labute approximate surface area is 147 Å². The van der Waals surface area contributed by atoms with Crippen LogP contribution in [0.4, 0.5) is 0 Å². The Morgan fingerprint density at radius 3 is 2.60 bits per heavy atom. The molecule has 3 saturated heterocycles. The number of nitrogens with zero attached hydrogens (tertiary/aromatic N) is 1. The molecule has 7 nitrogen and oxygen atoms in total. The van der Waals surface area contributed by atoms with Gasteiger partial charge in [0.1, 0.15) is 18.3 Å². The van der Waals surface area contributed by atoms with Crippen LogP contribution < -0.4 is 0 Å². The van der Waals surface area contributed by atoms with Gasteiger partial charge in [0, 0.05) is 25.8 Å². The van der Waals surface area contributed by atoms with E-state index in [0.717, 1.165) is 18.7 Å². The maximum atomic E-state index is 10.8. The molecular formula is C18H25NO6. The van der Waals surface area contributed by atoms with Crippen molar-refractivity contribution in [3.8, 4) is 0 Å². The summed E-state index contributed by atoms with van der Waals surface area (Å²) in [7, 11) is 1.54. The average Bonchev–Trinajstić information content (AvgIpc) is 2.68. The smallest absolute Gasteiger partial charge is 0.185 e. The molecule has 3 fully saturated rings. The SMILES string of the molecule is CO[C@H]1O[C@@H]2COC(c3ccccc3)O[C@H]2[C@@H](N2CCOCC2)[C@@H]1O. The van der Waals surface area contributed by atoms with Crippen molar-refractivity contribution in [2.45, 2.75) is 36.9 Å². The van der Waals surface area contributed by atoms with Crippen molar-refractivity contribution < 1.29 is 28.8 Å². The van der Waals surface area contributed by atoms with E-state index in [9.17, 15) is 5.11 Å². The summed E-state index contributed by atoms with van der Waals surface area (Å²) in [4.78, 5) is 2.22. The van der Waals surface area contributed by atoms with E-state index in [1.54, 1.807) is 7.11 Å². The van der Waals surface area contributed by atoms with Crippen molar-refractivity contribution >= 4 is 0 Å². The first kappa shape index (κ1) is 17.4. The number of aliphatic hydroxyl groups excluding tert-OH is 1. The lowest BCUT2D eigenvalue weighted by Crippen LogP contribution is -2.68. The summed E-state index contributed by atoms with van der Waals surface area (Å²) in [5.41, 5.74) is 0.963. The zero-order valence-electron chi connectivity index (χ0n) is 14.3. The van der Waals surface area contributed by atoms with Crippen LogP contribution in [0.25, 0.3) is 0 Å². The lowest BCUT2D eigenvalue weighted by atomic mass is 9.93. The number of morpholine rings is 1. The molecule has 0 spiro atoms. The molecule has 3 aliphatic rings. The fraction of sp³-hybridized carbons (Fsp3) is 0.667. The number of ether oxygens (including phenoxy) is 5. The van der Waals surface area contributed by atoms with Crippen LogP contribution in [0, 0.1) is 0 Å². The van der Waals surface area contributed by atoms with Crippen molar-refractivity contribution in [2.75, 3.05) is 40.0 Å². The van der Waals surface area contributed by atoms with E-state index >= 15 is 0 Å². The van der Waals surface area contributed by atoms with Crippen molar-refractivity contribution in [1.29, 1.82) is 0 Å². The van der Waals surface area contributed by atoms with Gasteiger partial charge in [-0.25, -0.2) is 0 Å². The second-order valence-corrected chi connectivity index (χ2v) is 6.58. The second-order valence-electron chi connectivity index (χ2n) is 6.58. The number of methoxy groups -OCH3 is 1. The third-order valence-electron chi connectivity index (χ3n) is 5.10. The van der Waals surface area contributed by atoms with E-state index in [0.29, 0.717) is 19.8 Å². The fourth-order valence-electron chi connectivity index (χ4n) is 3.85. The van der Waals surface area contributed by atoms with Gasteiger partial charge in [-0.1, -0.05) is 30.3 Å². The van der Waals surface area contributed by atoms with E-state index in [2.05, 4.69) is 4.90 Å². The lowest BCUT2D eigenvalue weighted by Gasteiger charge is -2.51. The van der Waals surface area contributed by atoms with Crippen LogP contribution in [0.15, 0.2) is 30.3 Å². The minimum absolute atomic E-state index is 0.220. The number of rotatable bonds is 3. The standard InChI is InChI=1S/C18H25NO6/c1-21-18-15(20)14(19-7-9-22-10-8-19)16-13(24-18)11-23-17(25-16)12-5-3-2-4-6-12/h2-6,13-18,20H,7-11H2,1H3/t13-,14+,15+,16-,17?,18+/m1/s1. The highest BCUT2D eigenvalue weighted by Crippen LogP contribution is 2.36. The van der Waals surface area contributed by atoms with Crippen LogP contribution in [0.5, 0.6) is 0 Å². The number of benzene rings is 1. The van der Waals surface area contributed by atoms with E-state index in [4.69, 9.17) is 23.7 Å². The van der Waals surface area contributed by atoms with Crippen LogP contribution >= 0.6 is 0 Å². The average molecular weight is 351 g/mol. The van der Waals surface area contributed by atoms with Crippen LogP contribution in [-0.4, -0.2) is 80.7 Å². The van der Waals surface area contributed by atoms with Gasteiger partial charge >= 0.3 is 0 Å². The van der Waals surface area contributed by atoms with Gasteiger partial charge in [0.25, 0.3) is 0 Å². The Bertz CT molecular complexity index is 550. The summed E-state index contributed by atoms with van der Waals surface area (Å²) in [5, 5.41) is 10.8. The van der Waals surface area contributed by atoms with E-state index in [1.807, 2.05) is 30.3 Å². The predicted molar refractivity (Wildman–Crippen MR) is 87.9 cm³/mol. The topological polar surface area (TPSA) is 69.6 Å². The van der Waals surface area contributed by atoms with Gasteiger partial charge in [-0.3, -0.25) is 4.90 Å². The molecule has 0 bridgehead atoms. The quantitative estimate of drug-likeness (QED) is 0.852. The molecule has 138 valence electrons. The number of aliphatic hydroxyl groups is 1. The van der Waals surface area contributed by atoms with Crippen LogP contribution in [0.2, 0.25) is 0 Å². The Kier molecular flexibility index (Phi) is 5.33. The Hall–Kier alpha value is -1.06. The molecule has 0 saturated carbocycles. The molecule has 1 unspecified atom stereocenters. The summed E-state index contributed by atoms with van der Waals surface area (Å²) in [5.74, 6) is 0. The van der Waals surface area contributed by atoms with Gasteiger partial charge in [0.05, 0.1) is 25.9 Å². The third kappa shape index (κ3) is 3.46. The van der Waals surface area contributed by atoms with E-state index in [-0.39, 0.29) is 18.2 Å². The first-order chi connectivity index (χ1) is 12.3. The molecule has 25 heavy (non-hydrogen) atoms. The molecule has 7 heteroatoms. The highest BCUT2D eigenvalue weighted by Gasteiger charge is 2.51. The summed E-state index contributed by atoms with van der Waals surface area (Å²) in [6.07, 6.45) is -2.51. The summed E-state index contributed by atoms with van der Waals surface area (Å²) >= 11 is 0. The normalized spacial score (nSPS) is 39.8. The maximum Gasteiger partial charge on any atom is 0.185 e. The zero-order valence-corrected chi connectivity index (χ0v) is 14.3. The highest BCUT2D eigenvalue weighted by molar-refractivity contribution is 5.17. The molecule has 1 aromatic rings. The second kappa shape index (κ2) is 7.67. The Morgan fingerprint density at radius 2 is 1.88 bits per heavy atom. The third-order valence-corrected chi connectivity index (χ3v) is 5.10. The zero-order chi connectivity index (χ0) is 17.2. The van der Waals surface area contributed by atoms with Gasteiger partial charge in [0.15, 0.2) is 12.6 Å². The minimum atomic E-state index is -0.793. The van der Waals surface area contributed by atoms with Crippen molar-refractivity contribution in [3.05, 3.63) is 35.9 Å². The predicted octanol–water partition coefficient (Wildman–Crippen LogP) is 0.534. The molecular weight excluding hydrogens is 326 g/mol. The first-order valence-corrected chi connectivity index (χ1v) is 8.78. The number of hydrogen-bond acceptors (Lipinski definition) is 7. The minimum Gasteiger partial charge on any atom is -0.386 e. The monoisotopic (exact) mass is 351 g/mol. The van der Waals surface area contributed by atoms with Gasteiger partial charge < -0.3 is 28.8 Å². The first-order valence-electron chi connectivity index (χ1n) is 8.78. The number of fused-ring (bicyclic) bond motifs is 1.